The Hall–Kier alpha value is -1.63. The molecule has 0 saturated heterocycles. The van der Waals surface area contributed by atoms with E-state index in [2.05, 4.69) is 0 Å². The summed E-state index contributed by atoms with van der Waals surface area (Å²) in [6, 6.07) is 4.24. The fourth-order valence-electron chi connectivity index (χ4n) is 1.23. The van der Waals surface area contributed by atoms with Gasteiger partial charge in [0.1, 0.15) is 5.69 Å². The number of rotatable bonds is 3. The molecule has 1 aromatic carbocycles. The lowest BCUT2D eigenvalue weighted by Gasteiger charge is -2.03. The largest absolute Gasteiger partial charge is 0.393 e. The van der Waals surface area contributed by atoms with Gasteiger partial charge in [-0.15, -0.1) is 0 Å². The zero-order valence-electron chi connectivity index (χ0n) is 8.00. The van der Waals surface area contributed by atoms with Gasteiger partial charge in [-0.3, -0.25) is 10.1 Å². The molecule has 0 atom stereocenters. The number of nitrogen functional groups attached to an aromatic ring is 1. The molecule has 0 bridgehead atoms. The van der Waals surface area contributed by atoms with E-state index in [1.807, 2.05) is 0 Å². The summed E-state index contributed by atoms with van der Waals surface area (Å²) in [5, 5.41) is 10.7. The highest BCUT2D eigenvalue weighted by Crippen LogP contribution is 2.27. The second-order valence-corrected chi connectivity index (χ2v) is 5.32. The Morgan fingerprint density at radius 3 is 2.53 bits per heavy atom. The molecule has 82 valence electrons. The maximum Gasteiger partial charge on any atom is 0.296 e. The second-order valence-electron chi connectivity index (χ2n) is 3.18. The van der Waals surface area contributed by atoms with Crippen molar-refractivity contribution in [2.24, 2.45) is 0 Å². The number of sulfone groups is 1. The maximum absolute atomic E-state index is 11.0. The van der Waals surface area contributed by atoms with Crippen molar-refractivity contribution < 1.29 is 13.3 Å². The highest BCUT2D eigenvalue weighted by Gasteiger charge is 2.20. The fraction of sp³-hybridized carbons (Fsp3) is 0.250. The number of nitrogens with zero attached hydrogens (tertiary/aromatic N) is 1. The van der Waals surface area contributed by atoms with E-state index in [4.69, 9.17) is 5.73 Å². The third kappa shape index (κ3) is 2.91. The number of hydrogen-bond donors (Lipinski definition) is 1. The summed E-state index contributed by atoms with van der Waals surface area (Å²) < 4.78 is 22.0. The summed E-state index contributed by atoms with van der Waals surface area (Å²) in [7, 11) is -3.31. The number of nitro groups is 1. The van der Waals surface area contributed by atoms with Gasteiger partial charge in [0, 0.05) is 11.8 Å². The lowest BCUT2D eigenvalue weighted by Crippen LogP contribution is -2.06. The van der Waals surface area contributed by atoms with E-state index in [1.165, 1.54) is 18.2 Å². The molecule has 0 aliphatic rings. The molecule has 0 radical (unpaired) electrons. The first kappa shape index (κ1) is 11.4. The van der Waals surface area contributed by atoms with Crippen molar-refractivity contribution in [3.63, 3.8) is 0 Å². The minimum Gasteiger partial charge on any atom is -0.393 e. The molecule has 1 aromatic rings. The lowest BCUT2D eigenvalue weighted by molar-refractivity contribution is -0.384. The van der Waals surface area contributed by atoms with Gasteiger partial charge in [-0.1, -0.05) is 12.1 Å². The SMILES string of the molecule is CS(=O)(=O)Cc1cccc(N)c1[N+](=O)[O-]. The number of para-hydroxylation sites is 1. The van der Waals surface area contributed by atoms with Gasteiger partial charge in [-0.25, -0.2) is 8.42 Å². The van der Waals surface area contributed by atoms with Gasteiger partial charge in [0.05, 0.1) is 10.7 Å². The Bertz CT molecular complexity index is 495. The Morgan fingerprint density at radius 2 is 2.07 bits per heavy atom. The average Bonchev–Trinajstić information content (AvgIpc) is 1.99. The monoisotopic (exact) mass is 230 g/mol. The first-order valence-corrected chi connectivity index (χ1v) is 6.07. The maximum atomic E-state index is 11.0. The molecule has 0 unspecified atom stereocenters. The van der Waals surface area contributed by atoms with Gasteiger partial charge in [-0.05, 0) is 6.07 Å². The topological polar surface area (TPSA) is 103 Å². The van der Waals surface area contributed by atoms with Crippen molar-refractivity contribution in [3.05, 3.63) is 33.9 Å². The number of anilines is 1. The van der Waals surface area contributed by atoms with Crippen LogP contribution >= 0.6 is 0 Å². The van der Waals surface area contributed by atoms with Gasteiger partial charge < -0.3 is 5.73 Å². The molecule has 0 spiro atoms. The zero-order valence-corrected chi connectivity index (χ0v) is 8.82. The quantitative estimate of drug-likeness (QED) is 0.468. The van der Waals surface area contributed by atoms with Gasteiger partial charge in [0.15, 0.2) is 9.84 Å². The fourth-order valence-corrected chi connectivity index (χ4v) is 2.03. The molecule has 0 fully saturated rings. The van der Waals surface area contributed by atoms with Crippen LogP contribution in [0.5, 0.6) is 0 Å². The minimum absolute atomic E-state index is 0.0267. The Labute approximate surface area is 86.8 Å². The van der Waals surface area contributed by atoms with Gasteiger partial charge >= 0.3 is 0 Å². The molecule has 0 aliphatic carbocycles. The minimum atomic E-state index is -3.31. The van der Waals surface area contributed by atoms with Crippen LogP contribution in [0.1, 0.15) is 5.56 Å². The van der Waals surface area contributed by atoms with Crippen LogP contribution in [0.2, 0.25) is 0 Å². The summed E-state index contributed by atoms with van der Waals surface area (Å²) in [4.78, 5) is 9.99. The molecular formula is C8H10N2O4S. The molecule has 7 heteroatoms. The molecule has 0 amide bonds. The molecule has 0 aromatic heterocycles. The predicted molar refractivity (Wildman–Crippen MR) is 56.1 cm³/mol. The summed E-state index contributed by atoms with van der Waals surface area (Å²) >= 11 is 0. The van der Waals surface area contributed by atoms with Crippen LogP contribution < -0.4 is 5.73 Å². The Balaban J connectivity index is 3.30. The lowest BCUT2D eigenvalue weighted by atomic mass is 10.2. The number of nitro benzene ring substituents is 1. The van der Waals surface area contributed by atoms with Crippen LogP contribution in [0, 0.1) is 10.1 Å². The van der Waals surface area contributed by atoms with Crippen LogP contribution in [-0.2, 0) is 15.6 Å². The van der Waals surface area contributed by atoms with Crippen molar-refractivity contribution >= 4 is 21.2 Å². The molecular weight excluding hydrogens is 220 g/mol. The molecule has 0 heterocycles. The van der Waals surface area contributed by atoms with Crippen molar-refractivity contribution in [2.75, 3.05) is 12.0 Å². The first-order valence-electron chi connectivity index (χ1n) is 4.01. The number of nitrogens with two attached hydrogens (primary N) is 1. The van der Waals surface area contributed by atoms with E-state index in [0.717, 1.165) is 6.26 Å². The van der Waals surface area contributed by atoms with Crippen molar-refractivity contribution in [1.29, 1.82) is 0 Å². The molecule has 1 rings (SSSR count). The number of hydrogen-bond acceptors (Lipinski definition) is 5. The van der Waals surface area contributed by atoms with Crippen molar-refractivity contribution in [3.8, 4) is 0 Å². The highest BCUT2D eigenvalue weighted by atomic mass is 32.2. The second kappa shape index (κ2) is 3.85. The van der Waals surface area contributed by atoms with E-state index in [1.54, 1.807) is 0 Å². The number of benzene rings is 1. The molecule has 15 heavy (non-hydrogen) atoms. The van der Waals surface area contributed by atoms with E-state index >= 15 is 0 Å². The van der Waals surface area contributed by atoms with Crippen LogP contribution in [0.3, 0.4) is 0 Å². The smallest absolute Gasteiger partial charge is 0.296 e. The van der Waals surface area contributed by atoms with Gasteiger partial charge in [0.25, 0.3) is 5.69 Å². The van der Waals surface area contributed by atoms with Crippen molar-refractivity contribution in [2.45, 2.75) is 5.75 Å². The summed E-state index contributed by atoms with van der Waals surface area (Å²) in [5.41, 5.74) is 5.16. The first-order chi connectivity index (χ1) is 6.81. The molecule has 0 aliphatic heterocycles. The highest BCUT2D eigenvalue weighted by molar-refractivity contribution is 7.89. The molecule has 6 nitrogen and oxygen atoms in total. The Morgan fingerprint density at radius 1 is 1.47 bits per heavy atom. The van der Waals surface area contributed by atoms with E-state index in [-0.39, 0.29) is 22.7 Å². The van der Waals surface area contributed by atoms with Crippen LogP contribution in [0.25, 0.3) is 0 Å². The third-order valence-corrected chi connectivity index (χ3v) is 2.59. The third-order valence-electron chi connectivity index (χ3n) is 1.75. The van der Waals surface area contributed by atoms with Crippen LogP contribution in [0.4, 0.5) is 11.4 Å². The van der Waals surface area contributed by atoms with Crippen molar-refractivity contribution in [1.82, 2.24) is 0 Å². The van der Waals surface area contributed by atoms with Gasteiger partial charge in [0.2, 0.25) is 0 Å². The normalized spacial score (nSPS) is 11.3. The Kier molecular flexibility index (Phi) is 2.94. The van der Waals surface area contributed by atoms with E-state index < -0.39 is 14.8 Å². The molecule has 2 N–H and O–H groups in total. The van der Waals surface area contributed by atoms with E-state index in [9.17, 15) is 18.5 Å². The predicted octanol–water partition coefficient (Wildman–Crippen LogP) is 0.722. The summed E-state index contributed by atoms with van der Waals surface area (Å²) in [5.74, 6) is -0.381. The summed E-state index contributed by atoms with van der Waals surface area (Å²) in [6.45, 7) is 0. The summed E-state index contributed by atoms with van der Waals surface area (Å²) in [6.07, 6.45) is 1.01. The van der Waals surface area contributed by atoms with E-state index in [0.29, 0.717) is 0 Å². The standard InChI is InChI=1S/C8H10N2O4S/c1-15(13,14)5-6-3-2-4-7(9)8(6)10(11)12/h2-4H,5,9H2,1H3. The van der Waals surface area contributed by atoms with Crippen LogP contribution in [0.15, 0.2) is 18.2 Å². The van der Waals surface area contributed by atoms with Crippen LogP contribution in [-0.4, -0.2) is 19.6 Å². The van der Waals surface area contributed by atoms with Gasteiger partial charge in [-0.2, -0.15) is 0 Å². The molecule has 0 saturated carbocycles. The average molecular weight is 230 g/mol. The zero-order chi connectivity index (χ0) is 11.6.